The minimum Gasteiger partial charge on any atom is -0.496 e. The number of nitrogens with zero attached hydrogens (tertiary/aromatic N) is 4. The Morgan fingerprint density at radius 2 is 1.91 bits per heavy atom. The lowest BCUT2D eigenvalue weighted by Crippen LogP contribution is -2.14. The van der Waals surface area contributed by atoms with Crippen molar-refractivity contribution in [2.45, 2.75) is 19.9 Å². The minimum atomic E-state index is -0.161. The number of amides is 1. The summed E-state index contributed by atoms with van der Waals surface area (Å²) in [4.78, 5) is 21.2. The highest BCUT2D eigenvalue weighted by Gasteiger charge is 2.13. The number of carbonyl (C=O) groups excluding carboxylic acids is 1. The molecule has 0 bridgehead atoms. The van der Waals surface area contributed by atoms with Crippen LogP contribution >= 0.6 is 0 Å². The van der Waals surface area contributed by atoms with Crippen molar-refractivity contribution in [1.82, 2.24) is 19.7 Å². The van der Waals surface area contributed by atoms with Crippen molar-refractivity contribution < 1.29 is 19.0 Å². The number of rotatable bonds is 8. The number of methoxy groups -OCH3 is 2. The summed E-state index contributed by atoms with van der Waals surface area (Å²) in [7, 11) is 3.14. The van der Waals surface area contributed by atoms with Crippen LogP contribution in [-0.2, 0) is 17.8 Å². The molecule has 1 aromatic carbocycles. The fourth-order valence-electron chi connectivity index (χ4n) is 3.22. The van der Waals surface area contributed by atoms with Crippen LogP contribution in [0.15, 0.2) is 55.1 Å². The lowest BCUT2D eigenvalue weighted by molar-refractivity contribution is -0.115. The molecule has 0 unspecified atom stereocenters. The summed E-state index contributed by atoms with van der Waals surface area (Å²) in [5.41, 5.74) is 2.67. The van der Waals surface area contributed by atoms with E-state index in [1.807, 2.05) is 13.0 Å². The van der Waals surface area contributed by atoms with Crippen molar-refractivity contribution in [2.75, 3.05) is 19.5 Å². The molecule has 0 aliphatic carbocycles. The zero-order valence-electron chi connectivity index (χ0n) is 18.0. The number of anilines is 1. The van der Waals surface area contributed by atoms with E-state index in [1.165, 1.54) is 0 Å². The van der Waals surface area contributed by atoms with Crippen molar-refractivity contribution in [2.24, 2.45) is 0 Å². The van der Waals surface area contributed by atoms with E-state index in [0.29, 0.717) is 39.7 Å². The van der Waals surface area contributed by atoms with Crippen LogP contribution in [-0.4, -0.2) is 39.9 Å². The maximum Gasteiger partial charge on any atom is 0.229 e. The molecular weight excluding hydrogens is 410 g/mol. The van der Waals surface area contributed by atoms with Gasteiger partial charge in [-0.25, -0.2) is 4.98 Å². The molecule has 9 nitrogen and oxygen atoms in total. The first-order chi connectivity index (χ1) is 15.6. The van der Waals surface area contributed by atoms with Gasteiger partial charge in [-0.15, -0.1) is 0 Å². The first kappa shape index (κ1) is 21.1. The van der Waals surface area contributed by atoms with Crippen LogP contribution in [0.2, 0.25) is 0 Å². The van der Waals surface area contributed by atoms with E-state index in [0.717, 1.165) is 12.1 Å². The van der Waals surface area contributed by atoms with Crippen molar-refractivity contribution in [1.29, 1.82) is 0 Å². The number of fused-ring (bicyclic) bond motifs is 1. The van der Waals surface area contributed by atoms with E-state index in [1.54, 1.807) is 68.0 Å². The van der Waals surface area contributed by atoms with Gasteiger partial charge in [-0.3, -0.25) is 14.5 Å². The highest BCUT2D eigenvalue weighted by molar-refractivity contribution is 5.92. The molecule has 0 atom stereocenters. The predicted octanol–water partition coefficient (Wildman–Crippen LogP) is 3.84. The van der Waals surface area contributed by atoms with E-state index in [2.05, 4.69) is 20.4 Å². The Hall–Kier alpha value is -4.14. The summed E-state index contributed by atoms with van der Waals surface area (Å²) in [6.45, 7) is 2.72. The van der Waals surface area contributed by atoms with Gasteiger partial charge >= 0.3 is 0 Å². The molecule has 0 saturated heterocycles. The number of benzene rings is 1. The molecule has 0 aliphatic rings. The molecule has 0 saturated carbocycles. The van der Waals surface area contributed by atoms with Gasteiger partial charge in [-0.05, 0) is 13.0 Å². The molecular formula is C23H23N5O4. The molecule has 0 fully saturated rings. The van der Waals surface area contributed by atoms with Crippen molar-refractivity contribution in [3.05, 3.63) is 60.7 Å². The van der Waals surface area contributed by atoms with E-state index in [9.17, 15) is 4.79 Å². The van der Waals surface area contributed by atoms with Gasteiger partial charge in [0, 0.05) is 42.7 Å². The standard InChI is InChI=1S/C23H23N5O4/c1-4-28-14-16(12-26-28)27-22(29)9-15-5-6-17(11-21(15)31-3)32-20-7-8-24-19-10-18(30-2)13-25-23(19)20/h5-8,10-14H,4,9H2,1-3H3,(H,27,29). The Morgan fingerprint density at radius 1 is 1.03 bits per heavy atom. The molecule has 164 valence electrons. The summed E-state index contributed by atoms with van der Waals surface area (Å²) in [5, 5.41) is 7.00. The quantitative estimate of drug-likeness (QED) is 0.451. The second kappa shape index (κ2) is 9.34. The third kappa shape index (κ3) is 4.61. The second-order valence-electron chi connectivity index (χ2n) is 6.94. The van der Waals surface area contributed by atoms with Gasteiger partial charge in [0.05, 0.1) is 44.2 Å². The summed E-state index contributed by atoms with van der Waals surface area (Å²) in [6, 6.07) is 8.88. The summed E-state index contributed by atoms with van der Waals surface area (Å²) in [6.07, 6.45) is 6.83. The maximum absolute atomic E-state index is 12.5. The smallest absolute Gasteiger partial charge is 0.229 e. The number of carbonyl (C=O) groups is 1. The highest BCUT2D eigenvalue weighted by atomic mass is 16.5. The van der Waals surface area contributed by atoms with E-state index in [4.69, 9.17) is 14.2 Å². The number of hydrogen-bond acceptors (Lipinski definition) is 7. The van der Waals surface area contributed by atoms with E-state index < -0.39 is 0 Å². The fraction of sp³-hybridized carbons (Fsp3) is 0.217. The molecule has 0 spiro atoms. The van der Waals surface area contributed by atoms with Crippen LogP contribution in [0.4, 0.5) is 5.69 Å². The topological polar surface area (TPSA) is 100 Å². The first-order valence-electron chi connectivity index (χ1n) is 10.1. The number of ether oxygens (including phenoxy) is 3. The maximum atomic E-state index is 12.5. The Kier molecular flexibility index (Phi) is 6.16. The summed E-state index contributed by atoms with van der Waals surface area (Å²) in [5.74, 6) is 2.12. The van der Waals surface area contributed by atoms with Gasteiger partial charge < -0.3 is 19.5 Å². The highest BCUT2D eigenvalue weighted by Crippen LogP contribution is 2.32. The second-order valence-corrected chi connectivity index (χ2v) is 6.94. The molecule has 1 amide bonds. The average molecular weight is 433 g/mol. The lowest BCUT2D eigenvalue weighted by Gasteiger charge is -2.12. The van der Waals surface area contributed by atoms with Crippen LogP contribution in [0.5, 0.6) is 23.0 Å². The number of hydrogen-bond donors (Lipinski definition) is 1. The molecule has 0 aliphatic heterocycles. The van der Waals surface area contributed by atoms with Gasteiger partial charge in [-0.1, -0.05) is 6.07 Å². The fourth-order valence-corrected chi connectivity index (χ4v) is 3.22. The van der Waals surface area contributed by atoms with Gasteiger partial charge in [-0.2, -0.15) is 5.10 Å². The summed E-state index contributed by atoms with van der Waals surface area (Å²) < 4.78 is 18.5. The Morgan fingerprint density at radius 3 is 2.66 bits per heavy atom. The zero-order valence-corrected chi connectivity index (χ0v) is 18.0. The third-order valence-corrected chi connectivity index (χ3v) is 4.83. The average Bonchev–Trinajstić information content (AvgIpc) is 3.27. The van der Waals surface area contributed by atoms with Crippen molar-refractivity contribution in [3.63, 3.8) is 0 Å². The molecule has 3 aromatic heterocycles. The van der Waals surface area contributed by atoms with Gasteiger partial charge in [0.2, 0.25) is 5.91 Å². The van der Waals surface area contributed by atoms with Crippen LogP contribution in [0.1, 0.15) is 12.5 Å². The number of aromatic nitrogens is 4. The molecule has 3 heterocycles. The molecule has 4 rings (SSSR count). The first-order valence-corrected chi connectivity index (χ1v) is 10.1. The predicted molar refractivity (Wildman–Crippen MR) is 119 cm³/mol. The zero-order chi connectivity index (χ0) is 22.5. The molecule has 0 radical (unpaired) electrons. The number of aryl methyl sites for hydroxylation is 1. The van der Waals surface area contributed by atoms with Gasteiger partial charge in [0.1, 0.15) is 22.8 Å². The van der Waals surface area contributed by atoms with Crippen molar-refractivity contribution in [3.8, 4) is 23.0 Å². The van der Waals surface area contributed by atoms with Crippen LogP contribution in [0.3, 0.4) is 0 Å². The Balaban J connectivity index is 1.51. The molecule has 4 aromatic rings. The SMILES string of the molecule is CCn1cc(NC(=O)Cc2ccc(Oc3ccnc4cc(OC)cnc34)cc2OC)cn1. The number of pyridine rings is 2. The normalized spacial score (nSPS) is 10.7. The van der Waals surface area contributed by atoms with Crippen molar-refractivity contribution >= 4 is 22.6 Å². The monoisotopic (exact) mass is 433 g/mol. The van der Waals surface area contributed by atoms with Crippen LogP contribution < -0.4 is 19.5 Å². The van der Waals surface area contributed by atoms with Gasteiger partial charge in [0.15, 0.2) is 5.75 Å². The lowest BCUT2D eigenvalue weighted by atomic mass is 10.1. The van der Waals surface area contributed by atoms with E-state index in [-0.39, 0.29) is 12.3 Å². The molecule has 32 heavy (non-hydrogen) atoms. The van der Waals surface area contributed by atoms with Crippen LogP contribution in [0, 0.1) is 0 Å². The molecule has 9 heteroatoms. The molecule has 1 N–H and O–H groups in total. The number of nitrogens with one attached hydrogen (secondary N) is 1. The Bertz CT molecular complexity index is 1250. The van der Waals surface area contributed by atoms with Gasteiger partial charge in [0.25, 0.3) is 0 Å². The summed E-state index contributed by atoms with van der Waals surface area (Å²) >= 11 is 0. The van der Waals surface area contributed by atoms with Crippen LogP contribution in [0.25, 0.3) is 11.0 Å². The Labute approximate surface area is 185 Å². The largest absolute Gasteiger partial charge is 0.496 e. The van der Waals surface area contributed by atoms with E-state index >= 15 is 0 Å². The minimum absolute atomic E-state index is 0.153. The third-order valence-electron chi connectivity index (χ3n) is 4.83.